The lowest BCUT2D eigenvalue weighted by molar-refractivity contribution is -0.144. The van der Waals surface area contributed by atoms with Gasteiger partial charge in [0.1, 0.15) is 0 Å². The van der Waals surface area contributed by atoms with Crippen LogP contribution in [0.5, 0.6) is 0 Å². The zero-order valence-electron chi connectivity index (χ0n) is 13.0. The Morgan fingerprint density at radius 2 is 2.05 bits per heavy atom. The monoisotopic (exact) mass is 329 g/mol. The van der Waals surface area contributed by atoms with E-state index in [1.165, 1.54) is 4.31 Å². The predicted octanol–water partition coefficient (Wildman–Crippen LogP) is 1.02. The molecule has 0 radical (unpaired) electrons. The second-order valence-corrected chi connectivity index (χ2v) is 8.31. The molecule has 1 saturated carbocycles. The molecule has 1 aliphatic carbocycles. The van der Waals surface area contributed by atoms with Crippen LogP contribution in [0.4, 0.5) is 0 Å². The van der Waals surface area contributed by atoms with Gasteiger partial charge in [0, 0.05) is 13.1 Å². The van der Waals surface area contributed by atoms with Gasteiger partial charge in [-0.15, -0.1) is 0 Å². The third-order valence-corrected chi connectivity index (χ3v) is 6.37. The number of fused-ring (bicyclic) bond motifs is 1. The number of oxime groups is 1. The zero-order valence-corrected chi connectivity index (χ0v) is 13.9. The number of carbonyl (C=O) groups excluding carboxylic acids is 1. The van der Waals surface area contributed by atoms with Gasteiger partial charge in [-0.3, -0.25) is 4.79 Å². The fourth-order valence-corrected chi connectivity index (χ4v) is 4.96. The zero-order chi connectivity index (χ0) is 16.0. The summed E-state index contributed by atoms with van der Waals surface area (Å²) in [7, 11) is -3.78. The number of nitrogens with one attached hydrogen (secondary N) is 1. The summed E-state index contributed by atoms with van der Waals surface area (Å²) in [6.45, 7) is 4.95. The SMILES string of the molecule is CC(C)C1=NOC2(C(=O)NS(=O)(=O)N3CCCC3)CCCC12. The molecule has 1 amide bonds. The molecule has 2 unspecified atom stereocenters. The average Bonchev–Trinajstić information content (AvgIpc) is 3.14. The highest BCUT2D eigenvalue weighted by atomic mass is 32.2. The van der Waals surface area contributed by atoms with Gasteiger partial charge < -0.3 is 4.84 Å². The summed E-state index contributed by atoms with van der Waals surface area (Å²) in [4.78, 5) is 18.2. The van der Waals surface area contributed by atoms with Crippen LogP contribution in [-0.4, -0.2) is 43.0 Å². The van der Waals surface area contributed by atoms with E-state index >= 15 is 0 Å². The fourth-order valence-electron chi connectivity index (χ4n) is 3.69. The number of hydrogen-bond donors (Lipinski definition) is 1. The molecule has 0 bridgehead atoms. The molecule has 124 valence electrons. The molecule has 0 aromatic carbocycles. The second-order valence-electron chi connectivity index (χ2n) is 6.64. The van der Waals surface area contributed by atoms with Crippen molar-refractivity contribution in [1.82, 2.24) is 9.03 Å². The molecule has 0 aromatic rings. The summed E-state index contributed by atoms with van der Waals surface area (Å²) in [5, 5.41) is 4.09. The molecule has 1 saturated heterocycles. The van der Waals surface area contributed by atoms with E-state index in [4.69, 9.17) is 4.84 Å². The van der Waals surface area contributed by atoms with Gasteiger partial charge in [-0.05, 0) is 38.0 Å². The first-order valence-electron chi connectivity index (χ1n) is 7.95. The van der Waals surface area contributed by atoms with E-state index in [9.17, 15) is 13.2 Å². The van der Waals surface area contributed by atoms with Gasteiger partial charge in [0.2, 0.25) is 5.60 Å². The fraction of sp³-hybridized carbons (Fsp3) is 0.857. The van der Waals surface area contributed by atoms with E-state index in [0.29, 0.717) is 19.5 Å². The van der Waals surface area contributed by atoms with Gasteiger partial charge in [0.05, 0.1) is 11.6 Å². The van der Waals surface area contributed by atoms with Crippen LogP contribution < -0.4 is 4.72 Å². The van der Waals surface area contributed by atoms with Crippen LogP contribution in [0, 0.1) is 11.8 Å². The maximum Gasteiger partial charge on any atom is 0.303 e. The summed E-state index contributed by atoms with van der Waals surface area (Å²) in [6.07, 6.45) is 3.83. The molecule has 2 aliphatic heterocycles. The molecule has 8 heteroatoms. The normalized spacial score (nSPS) is 32.0. The maximum absolute atomic E-state index is 12.7. The maximum atomic E-state index is 12.7. The summed E-state index contributed by atoms with van der Waals surface area (Å²) < 4.78 is 28.1. The minimum absolute atomic E-state index is 0.110. The van der Waals surface area contributed by atoms with Crippen molar-refractivity contribution in [2.75, 3.05) is 13.1 Å². The first kappa shape index (κ1) is 15.7. The average molecular weight is 329 g/mol. The quantitative estimate of drug-likeness (QED) is 0.834. The Labute approximate surface area is 131 Å². The molecule has 22 heavy (non-hydrogen) atoms. The van der Waals surface area contributed by atoms with Crippen LogP contribution >= 0.6 is 0 Å². The lowest BCUT2D eigenvalue weighted by Gasteiger charge is -2.27. The van der Waals surface area contributed by atoms with Gasteiger partial charge in [-0.1, -0.05) is 19.0 Å². The largest absolute Gasteiger partial charge is 0.378 e. The van der Waals surface area contributed by atoms with Crippen LogP contribution in [0.25, 0.3) is 0 Å². The summed E-state index contributed by atoms with van der Waals surface area (Å²) in [6, 6.07) is 0. The van der Waals surface area contributed by atoms with E-state index in [0.717, 1.165) is 31.4 Å². The number of rotatable bonds is 4. The van der Waals surface area contributed by atoms with E-state index in [1.807, 2.05) is 13.8 Å². The Kier molecular flexibility index (Phi) is 3.92. The topological polar surface area (TPSA) is 88.1 Å². The molecule has 1 N–H and O–H groups in total. The molecule has 3 aliphatic rings. The summed E-state index contributed by atoms with van der Waals surface area (Å²) >= 11 is 0. The Balaban J connectivity index is 1.77. The van der Waals surface area contributed by atoms with Crippen LogP contribution in [0.15, 0.2) is 5.16 Å². The Morgan fingerprint density at radius 3 is 2.68 bits per heavy atom. The van der Waals surface area contributed by atoms with Crippen LogP contribution in [0.1, 0.15) is 46.0 Å². The van der Waals surface area contributed by atoms with Gasteiger partial charge in [-0.25, -0.2) is 4.72 Å². The van der Waals surface area contributed by atoms with Crippen molar-refractivity contribution in [3.63, 3.8) is 0 Å². The van der Waals surface area contributed by atoms with Gasteiger partial charge in [-0.2, -0.15) is 12.7 Å². The Morgan fingerprint density at radius 1 is 1.36 bits per heavy atom. The number of amides is 1. The molecule has 0 spiro atoms. The van der Waals surface area contributed by atoms with Crippen molar-refractivity contribution in [1.29, 1.82) is 0 Å². The van der Waals surface area contributed by atoms with Crippen molar-refractivity contribution < 1.29 is 18.0 Å². The van der Waals surface area contributed by atoms with Crippen LogP contribution in [0.3, 0.4) is 0 Å². The summed E-state index contributed by atoms with van der Waals surface area (Å²) in [5.74, 6) is -0.490. The van der Waals surface area contributed by atoms with Crippen molar-refractivity contribution in [3.05, 3.63) is 0 Å². The van der Waals surface area contributed by atoms with Crippen LogP contribution in [0.2, 0.25) is 0 Å². The lowest BCUT2D eigenvalue weighted by Crippen LogP contribution is -2.54. The molecular weight excluding hydrogens is 306 g/mol. The van der Waals surface area contributed by atoms with Crippen molar-refractivity contribution >= 4 is 21.8 Å². The van der Waals surface area contributed by atoms with Gasteiger partial charge >= 0.3 is 10.2 Å². The number of hydrogen-bond acceptors (Lipinski definition) is 5. The smallest absolute Gasteiger partial charge is 0.303 e. The first-order chi connectivity index (χ1) is 10.4. The van der Waals surface area contributed by atoms with E-state index in [1.54, 1.807) is 0 Å². The molecular formula is C14H23N3O4S. The van der Waals surface area contributed by atoms with Gasteiger partial charge in [0.25, 0.3) is 5.91 Å². The Bertz CT molecular complexity index is 595. The highest BCUT2D eigenvalue weighted by Crippen LogP contribution is 2.45. The highest BCUT2D eigenvalue weighted by Gasteiger charge is 2.58. The first-order valence-corrected chi connectivity index (χ1v) is 9.39. The molecule has 2 fully saturated rings. The number of carbonyl (C=O) groups is 1. The molecule has 7 nitrogen and oxygen atoms in total. The van der Waals surface area contributed by atoms with Crippen molar-refractivity contribution in [2.24, 2.45) is 17.0 Å². The van der Waals surface area contributed by atoms with Crippen molar-refractivity contribution in [2.45, 2.75) is 51.6 Å². The Hall–Kier alpha value is -1.15. The third kappa shape index (κ3) is 2.42. The van der Waals surface area contributed by atoms with E-state index in [-0.39, 0.29) is 11.8 Å². The van der Waals surface area contributed by atoms with E-state index in [2.05, 4.69) is 9.88 Å². The standard InChI is InChI=1S/C14H23N3O4S/c1-10(2)12-11-6-5-7-14(11,21-15-12)13(18)16-22(19,20)17-8-3-4-9-17/h10-11H,3-9H2,1-2H3,(H,16,18). The molecule has 3 rings (SSSR count). The summed E-state index contributed by atoms with van der Waals surface area (Å²) in [5.41, 5.74) is -0.266. The molecule has 2 heterocycles. The lowest BCUT2D eigenvalue weighted by atomic mass is 9.83. The number of nitrogens with zero attached hydrogens (tertiary/aromatic N) is 2. The second kappa shape index (κ2) is 5.49. The van der Waals surface area contributed by atoms with Gasteiger partial charge in [0.15, 0.2) is 0 Å². The van der Waals surface area contributed by atoms with Crippen LogP contribution in [-0.2, 0) is 19.8 Å². The van der Waals surface area contributed by atoms with E-state index < -0.39 is 21.7 Å². The highest BCUT2D eigenvalue weighted by molar-refractivity contribution is 7.87. The molecule has 0 aromatic heterocycles. The third-order valence-electron chi connectivity index (χ3n) is 4.88. The molecule has 2 atom stereocenters. The minimum Gasteiger partial charge on any atom is -0.378 e. The minimum atomic E-state index is -3.78. The predicted molar refractivity (Wildman–Crippen MR) is 81.3 cm³/mol. The van der Waals surface area contributed by atoms with Crippen molar-refractivity contribution in [3.8, 4) is 0 Å².